The third-order valence-electron chi connectivity index (χ3n) is 1.97. The minimum Gasteiger partial charge on any atom is -0.396 e. The average molecular weight is 226 g/mol. The number of carbonyl (C=O) groups excluding carboxylic acids is 1. The topological polar surface area (TPSA) is 61.7 Å². The molecule has 0 fully saturated rings. The predicted molar refractivity (Wildman–Crippen MR) is 66.5 cm³/mol. The van der Waals surface area contributed by atoms with Gasteiger partial charge in [-0.05, 0) is 26.2 Å². The van der Waals surface area contributed by atoms with Crippen LogP contribution in [0.5, 0.6) is 0 Å². The Balaban J connectivity index is 3.37. The van der Waals surface area contributed by atoms with Crippen LogP contribution < -0.4 is 5.32 Å². The van der Waals surface area contributed by atoms with Crippen LogP contribution in [0.15, 0.2) is 17.3 Å². The molecule has 0 saturated carbocycles. The van der Waals surface area contributed by atoms with E-state index in [2.05, 4.69) is 10.3 Å². The van der Waals surface area contributed by atoms with Gasteiger partial charge >= 0.3 is 0 Å². The van der Waals surface area contributed by atoms with Gasteiger partial charge in [-0.2, -0.15) is 0 Å². The third kappa shape index (κ3) is 10.9. The van der Waals surface area contributed by atoms with Crippen LogP contribution in [-0.2, 0) is 4.79 Å². The standard InChI is InChI=1S/C12H22N2O2/c1-2-14-12(16)8-7-10-13-9-5-3-4-6-11-15/h7,9-10,15H,2-6,8,11H2,1H3,(H,14,16)/b10-7+,13-9?. The molecule has 4 nitrogen and oxygen atoms in total. The van der Waals surface area contributed by atoms with Gasteiger partial charge in [0.15, 0.2) is 0 Å². The summed E-state index contributed by atoms with van der Waals surface area (Å²) in [4.78, 5) is 15.1. The van der Waals surface area contributed by atoms with Crippen LogP contribution in [0.3, 0.4) is 0 Å². The molecule has 0 atom stereocenters. The number of unbranched alkanes of at least 4 members (excludes halogenated alkanes) is 3. The van der Waals surface area contributed by atoms with Crippen LogP contribution in [0.1, 0.15) is 39.0 Å². The lowest BCUT2D eigenvalue weighted by molar-refractivity contribution is -0.120. The fraction of sp³-hybridized carbons (Fsp3) is 0.667. The summed E-state index contributed by atoms with van der Waals surface area (Å²) in [5.74, 6) is 0.0249. The monoisotopic (exact) mass is 226 g/mol. The Kier molecular flexibility index (Phi) is 11.0. The van der Waals surface area contributed by atoms with Crippen molar-refractivity contribution in [1.29, 1.82) is 0 Å². The summed E-state index contributed by atoms with van der Waals surface area (Å²) in [5.41, 5.74) is 0. The molecule has 0 heterocycles. The van der Waals surface area contributed by atoms with E-state index in [-0.39, 0.29) is 12.5 Å². The molecular formula is C12H22N2O2. The SMILES string of the molecule is CCNC(=O)C/C=C/N=CCCCCCO. The Hall–Kier alpha value is -1.16. The summed E-state index contributed by atoms with van der Waals surface area (Å²) in [6.45, 7) is 2.83. The molecule has 0 saturated heterocycles. The van der Waals surface area contributed by atoms with Crippen LogP contribution in [-0.4, -0.2) is 30.4 Å². The molecule has 0 unspecified atom stereocenters. The van der Waals surface area contributed by atoms with Crippen molar-refractivity contribution in [2.24, 2.45) is 4.99 Å². The van der Waals surface area contributed by atoms with Crippen LogP contribution in [0.25, 0.3) is 0 Å². The number of aliphatic hydroxyl groups excluding tert-OH is 1. The van der Waals surface area contributed by atoms with Crippen molar-refractivity contribution in [3.63, 3.8) is 0 Å². The van der Waals surface area contributed by atoms with E-state index < -0.39 is 0 Å². The summed E-state index contributed by atoms with van der Waals surface area (Å²) in [7, 11) is 0. The maximum atomic E-state index is 11.0. The van der Waals surface area contributed by atoms with Crippen LogP contribution in [0, 0.1) is 0 Å². The molecule has 4 heteroatoms. The molecule has 0 bridgehead atoms. The molecule has 0 aromatic rings. The Morgan fingerprint density at radius 1 is 1.38 bits per heavy atom. The van der Waals surface area contributed by atoms with Gasteiger partial charge in [-0.25, -0.2) is 0 Å². The van der Waals surface area contributed by atoms with Gasteiger partial charge in [0, 0.05) is 32.0 Å². The maximum absolute atomic E-state index is 11.0. The number of nitrogens with zero attached hydrogens (tertiary/aromatic N) is 1. The van der Waals surface area contributed by atoms with Crippen molar-refractivity contribution in [2.45, 2.75) is 39.0 Å². The van der Waals surface area contributed by atoms with Gasteiger partial charge in [0.25, 0.3) is 0 Å². The van der Waals surface area contributed by atoms with Gasteiger partial charge in [0.2, 0.25) is 5.91 Å². The summed E-state index contributed by atoms with van der Waals surface area (Å²) in [6, 6.07) is 0. The number of rotatable bonds is 9. The minimum absolute atomic E-state index is 0.0249. The first-order chi connectivity index (χ1) is 7.81. The second-order valence-corrected chi connectivity index (χ2v) is 3.45. The van der Waals surface area contributed by atoms with E-state index in [0.717, 1.165) is 25.7 Å². The number of carbonyl (C=O) groups is 1. The number of nitrogens with one attached hydrogen (secondary N) is 1. The summed E-state index contributed by atoms with van der Waals surface area (Å²) in [5, 5.41) is 11.3. The zero-order chi connectivity index (χ0) is 12.1. The number of aliphatic hydroxyl groups is 1. The van der Waals surface area contributed by atoms with E-state index >= 15 is 0 Å². The summed E-state index contributed by atoms with van der Waals surface area (Å²) in [6.07, 6.45) is 9.49. The zero-order valence-corrected chi connectivity index (χ0v) is 9.98. The van der Waals surface area contributed by atoms with E-state index in [9.17, 15) is 4.79 Å². The molecule has 0 aromatic carbocycles. The highest BCUT2D eigenvalue weighted by atomic mass is 16.2. The maximum Gasteiger partial charge on any atom is 0.223 e. The van der Waals surface area contributed by atoms with Crippen molar-refractivity contribution < 1.29 is 9.90 Å². The molecule has 2 N–H and O–H groups in total. The smallest absolute Gasteiger partial charge is 0.223 e. The highest BCUT2D eigenvalue weighted by Crippen LogP contribution is 1.96. The van der Waals surface area contributed by atoms with Gasteiger partial charge in [0.05, 0.1) is 0 Å². The Morgan fingerprint density at radius 3 is 2.88 bits per heavy atom. The highest BCUT2D eigenvalue weighted by molar-refractivity contribution is 5.77. The van der Waals surface area contributed by atoms with E-state index in [1.54, 1.807) is 12.3 Å². The number of hydrogen-bond acceptors (Lipinski definition) is 3. The zero-order valence-electron chi connectivity index (χ0n) is 9.98. The lowest BCUT2D eigenvalue weighted by atomic mass is 10.2. The van der Waals surface area contributed by atoms with Gasteiger partial charge in [0.1, 0.15) is 0 Å². The fourth-order valence-electron chi connectivity index (χ4n) is 1.15. The second kappa shape index (κ2) is 11.9. The van der Waals surface area contributed by atoms with Crippen LogP contribution in [0.2, 0.25) is 0 Å². The van der Waals surface area contributed by atoms with Crippen molar-refractivity contribution in [2.75, 3.05) is 13.2 Å². The largest absolute Gasteiger partial charge is 0.396 e. The van der Waals surface area contributed by atoms with Crippen molar-refractivity contribution in [3.8, 4) is 0 Å². The third-order valence-corrected chi connectivity index (χ3v) is 1.97. The number of aliphatic imine (C=N–C) groups is 1. The average Bonchev–Trinajstić information content (AvgIpc) is 2.27. The van der Waals surface area contributed by atoms with Crippen molar-refractivity contribution >= 4 is 12.1 Å². The van der Waals surface area contributed by atoms with Crippen LogP contribution in [0.4, 0.5) is 0 Å². The molecule has 1 amide bonds. The highest BCUT2D eigenvalue weighted by Gasteiger charge is 1.92. The predicted octanol–water partition coefficient (Wildman–Crippen LogP) is 1.65. The molecule has 0 rings (SSSR count). The van der Waals surface area contributed by atoms with Gasteiger partial charge < -0.3 is 10.4 Å². The molecule has 0 spiro atoms. The molecule has 0 aliphatic carbocycles. The normalized spacial score (nSPS) is 11.4. The molecule has 0 aromatic heterocycles. The fourth-order valence-corrected chi connectivity index (χ4v) is 1.15. The summed E-state index contributed by atoms with van der Waals surface area (Å²) >= 11 is 0. The Morgan fingerprint density at radius 2 is 2.19 bits per heavy atom. The molecule has 0 aliphatic heterocycles. The van der Waals surface area contributed by atoms with Crippen molar-refractivity contribution in [3.05, 3.63) is 12.3 Å². The van der Waals surface area contributed by atoms with E-state index in [1.807, 2.05) is 13.1 Å². The minimum atomic E-state index is 0.0249. The molecule has 0 radical (unpaired) electrons. The Bertz CT molecular complexity index is 225. The summed E-state index contributed by atoms with van der Waals surface area (Å²) < 4.78 is 0. The quantitative estimate of drug-likeness (QED) is 0.464. The van der Waals surface area contributed by atoms with Crippen LogP contribution >= 0.6 is 0 Å². The van der Waals surface area contributed by atoms with Crippen molar-refractivity contribution in [1.82, 2.24) is 5.32 Å². The van der Waals surface area contributed by atoms with E-state index in [1.165, 1.54) is 0 Å². The first-order valence-electron chi connectivity index (χ1n) is 5.85. The number of hydrogen-bond donors (Lipinski definition) is 2. The van der Waals surface area contributed by atoms with Gasteiger partial charge in [-0.15, -0.1) is 0 Å². The molecule has 16 heavy (non-hydrogen) atoms. The molecule has 92 valence electrons. The second-order valence-electron chi connectivity index (χ2n) is 3.45. The first kappa shape index (κ1) is 14.8. The lowest BCUT2D eigenvalue weighted by Gasteiger charge is -1.95. The van der Waals surface area contributed by atoms with E-state index in [4.69, 9.17) is 5.11 Å². The van der Waals surface area contributed by atoms with E-state index in [0.29, 0.717) is 13.0 Å². The lowest BCUT2D eigenvalue weighted by Crippen LogP contribution is -2.21. The Labute approximate surface area is 97.5 Å². The molecule has 0 aliphatic rings. The number of amides is 1. The van der Waals surface area contributed by atoms with Gasteiger partial charge in [-0.3, -0.25) is 9.79 Å². The molecular weight excluding hydrogens is 204 g/mol. The van der Waals surface area contributed by atoms with Gasteiger partial charge in [-0.1, -0.05) is 12.5 Å². The first-order valence-corrected chi connectivity index (χ1v) is 5.85.